The molecule has 0 fully saturated rings. The van der Waals surface area contributed by atoms with Crippen molar-refractivity contribution < 1.29 is 4.79 Å². The predicted molar refractivity (Wildman–Crippen MR) is 54.0 cm³/mol. The Bertz CT molecular complexity index is 475. The van der Waals surface area contributed by atoms with Crippen molar-refractivity contribution in [2.75, 3.05) is 5.73 Å². The number of hydrogen-bond donors (Lipinski definition) is 1. The van der Waals surface area contributed by atoms with Crippen molar-refractivity contribution in [3.8, 4) is 0 Å². The van der Waals surface area contributed by atoms with Gasteiger partial charge in [0, 0.05) is 5.56 Å². The topological polar surface area (TPSA) is 56.0 Å². The molecule has 2 aromatic rings. The van der Waals surface area contributed by atoms with E-state index in [1.165, 1.54) is 11.3 Å². The molecule has 4 heteroatoms. The fraction of sp³-hybridized carbons (Fsp3) is 0.111. The molecule has 0 amide bonds. The van der Waals surface area contributed by atoms with Crippen LogP contribution in [0.3, 0.4) is 0 Å². The minimum atomic E-state index is 0.0502. The number of ketones is 1. The van der Waals surface area contributed by atoms with E-state index in [0.29, 0.717) is 10.7 Å². The van der Waals surface area contributed by atoms with Crippen LogP contribution in [0.5, 0.6) is 0 Å². The van der Waals surface area contributed by atoms with E-state index in [4.69, 9.17) is 5.73 Å². The molecular formula is C9H8N2OS. The maximum Gasteiger partial charge on any atom is 0.181 e. The number of nitrogens with two attached hydrogens (primary N) is 1. The molecule has 0 aliphatic rings. The molecule has 1 aromatic carbocycles. The average Bonchev–Trinajstić information content (AvgIpc) is 2.43. The molecule has 1 heterocycles. The van der Waals surface area contributed by atoms with Gasteiger partial charge >= 0.3 is 0 Å². The van der Waals surface area contributed by atoms with Crippen LogP contribution in [0.4, 0.5) is 5.13 Å². The van der Waals surface area contributed by atoms with Crippen LogP contribution in [0.1, 0.15) is 17.3 Å². The van der Waals surface area contributed by atoms with Gasteiger partial charge in [-0.3, -0.25) is 4.79 Å². The number of rotatable bonds is 1. The van der Waals surface area contributed by atoms with E-state index in [2.05, 4.69) is 4.98 Å². The van der Waals surface area contributed by atoms with E-state index in [1.54, 1.807) is 13.0 Å². The van der Waals surface area contributed by atoms with Crippen molar-refractivity contribution in [2.45, 2.75) is 6.92 Å². The molecule has 0 aliphatic heterocycles. The van der Waals surface area contributed by atoms with E-state index in [9.17, 15) is 4.79 Å². The predicted octanol–water partition coefficient (Wildman–Crippen LogP) is 2.08. The third kappa shape index (κ3) is 1.29. The molecule has 1 aromatic heterocycles. The highest BCUT2D eigenvalue weighted by Crippen LogP contribution is 2.27. The average molecular weight is 192 g/mol. The maximum absolute atomic E-state index is 11.2. The van der Waals surface area contributed by atoms with Gasteiger partial charge in [-0.25, -0.2) is 4.98 Å². The van der Waals surface area contributed by atoms with Gasteiger partial charge in [0.05, 0.1) is 10.2 Å². The highest BCUT2D eigenvalue weighted by molar-refractivity contribution is 7.22. The Hall–Kier alpha value is -1.42. The molecule has 0 saturated heterocycles. The summed E-state index contributed by atoms with van der Waals surface area (Å²) in [7, 11) is 0. The highest BCUT2D eigenvalue weighted by atomic mass is 32.1. The molecule has 0 bridgehead atoms. The van der Waals surface area contributed by atoms with Crippen molar-refractivity contribution in [3.05, 3.63) is 23.8 Å². The Kier molecular flexibility index (Phi) is 1.77. The van der Waals surface area contributed by atoms with Crippen LogP contribution in [-0.4, -0.2) is 10.8 Å². The molecule has 2 N–H and O–H groups in total. The number of benzene rings is 1. The number of Topliss-reactive ketones (excluding diaryl/α,β-unsaturated/α-hetero) is 1. The summed E-state index contributed by atoms with van der Waals surface area (Å²) < 4.78 is 0.882. The monoisotopic (exact) mass is 192 g/mol. The van der Waals surface area contributed by atoms with E-state index in [1.807, 2.05) is 12.1 Å². The van der Waals surface area contributed by atoms with Gasteiger partial charge < -0.3 is 5.73 Å². The minimum absolute atomic E-state index is 0.0502. The Labute approximate surface area is 79.2 Å². The lowest BCUT2D eigenvalue weighted by molar-refractivity contribution is 0.101. The van der Waals surface area contributed by atoms with Crippen LogP contribution in [0.2, 0.25) is 0 Å². The Morgan fingerprint density at radius 3 is 3.00 bits per heavy atom. The number of nitrogens with zero attached hydrogens (tertiary/aromatic N) is 1. The molecule has 13 heavy (non-hydrogen) atoms. The van der Waals surface area contributed by atoms with Crippen molar-refractivity contribution >= 4 is 32.5 Å². The number of anilines is 1. The zero-order valence-electron chi connectivity index (χ0n) is 7.07. The summed E-state index contributed by atoms with van der Waals surface area (Å²) >= 11 is 1.35. The molecule has 3 nitrogen and oxygen atoms in total. The summed E-state index contributed by atoms with van der Waals surface area (Å²) in [5.74, 6) is 0.0502. The number of nitrogen functional groups attached to an aromatic ring is 1. The fourth-order valence-corrected chi connectivity index (χ4v) is 2.14. The molecule has 0 saturated carbocycles. The lowest BCUT2D eigenvalue weighted by Crippen LogP contribution is -1.90. The van der Waals surface area contributed by atoms with Crippen molar-refractivity contribution in [1.82, 2.24) is 4.98 Å². The molecule has 0 unspecified atom stereocenters. The second-order valence-electron chi connectivity index (χ2n) is 2.76. The Balaban J connectivity index is 2.82. The summed E-state index contributed by atoms with van der Waals surface area (Å²) in [5, 5.41) is 0.503. The van der Waals surface area contributed by atoms with Crippen molar-refractivity contribution in [3.63, 3.8) is 0 Å². The number of aromatic nitrogens is 1. The van der Waals surface area contributed by atoms with Gasteiger partial charge in [0.2, 0.25) is 0 Å². The normalized spacial score (nSPS) is 10.5. The lowest BCUT2D eigenvalue weighted by atomic mass is 10.1. The molecule has 66 valence electrons. The molecule has 2 rings (SSSR count). The first-order valence-corrected chi connectivity index (χ1v) is 4.66. The van der Waals surface area contributed by atoms with Crippen LogP contribution in [0, 0.1) is 0 Å². The van der Waals surface area contributed by atoms with E-state index >= 15 is 0 Å². The molecular weight excluding hydrogens is 184 g/mol. The van der Waals surface area contributed by atoms with Gasteiger partial charge in [0.15, 0.2) is 10.9 Å². The summed E-state index contributed by atoms with van der Waals surface area (Å²) in [4.78, 5) is 15.3. The molecule has 0 aliphatic carbocycles. The third-order valence-electron chi connectivity index (χ3n) is 1.81. The molecule has 0 spiro atoms. The Morgan fingerprint density at radius 2 is 2.31 bits per heavy atom. The standard InChI is InChI=1S/C9H8N2OS/c1-5(12)6-3-2-4-7-8(6)13-9(10)11-7/h2-4H,1H3,(H2,10,11). The van der Waals surface area contributed by atoms with Gasteiger partial charge in [-0.2, -0.15) is 0 Å². The van der Waals surface area contributed by atoms with Gasteiger partial charge in [0.25, 0.3) is 0 Å². The number of carbonyl (C=O) groups excluding carboxylic acids is 1. The second kappa shape index (κ2) is 2.81. The van der Waals surface area contributed by atoms with Gasteiger partial charge in [-0.1, -0.05) is 17.4 Å². The summed E-state index contributed by atoms with van der Waals surface area (Å²) in [5.41, 5.74) is 7.06. The third-order valence-corrected chi connectivity index (χ3v) is 2.74. The number of fused-ring (bicyclic) bond motifs is 1. The zero-order valence-corrected chi connectivity index (χ0v) is 7.89. The number of hydrogen-bond acceptors (Lipinski definition) is 4. The van der Waals surface area contributed by atoms with Gasteiger partial charge in [-0.05, 0) is 19.1 Å². The molecule has 0 atom stereocenters. The van der Waals surface area contributed by atoms with Crippen LogP contribution >= 0.6 is 11.3 Å². The Morgan fingerprint density at radius 1 is 1.54 bits per heavy atom. The summed E-state index contributed by atoms with van der Waals surface area (Å²) in [6.45, 7) is 1.55. The van der Waals surface area contributed by atoms with E-state index in [0.717, 1.165) is 10.2 Å². The summed E-state index contributed by atoms with van der Waals surface area (Å²) in [6.07, 6.45) is 0. The van der Waals surface area contributed by atoms with Crippen molar-refractivity contribution in [2.24, 2.45) is 0 Å². The summed E-state index contributed by atoms with van der Waals surface area (Å²) in [6, 6.07) is 5.47. The van der Waals surface area contributed by atoms with Crippen LogP contribution in [0.25, 0.3) is 10.2 Å². The number of carbonyl (C=O) groups is 1. The quantitative estimate of drug-likeness (QED) is 0.704. The first kappa shape index (κ1) is 8.19. The first-order valence-electron chi connectivity index (χ1n) is 3.84. The van der Waals surface area contributed by atoms with Crippen LogP contribution < -0.4 is 5.73 Å². The SMILES string of the molecule is CC(=O)c1cccc2nc(N)sc12. The minimum Gasteiger partial charge on any atom is -0.375 e. The van der Waals surface area contributed by atoms with Crippen LogP contribution in [-0.2, 0) is 0 Å². The van der Waals surface area contributed by atoms with Gasteiger partial charge in [0.1, 0.15) is 0 Å². The second-order valence-corrected chi connectivity index (χ2v) is 3.79. The largest absolute Gasteiger partial charge is 0.375 e. The van der Waals surface area contributed by atoms with E-state index in [-0.39, 0.29) is 5.78 Å². The maximum atomic E-state index is 11.2. The zero-order chi connectivity index (χ0) is 9.42. The lowest BCUT2D eigenvalue weighted by Gasteiger charge is -1.94. The van der Waals surface area contributed by atoms with Crippen LogP contribution in [0.15, 0.2) is 18.2 Å². The molecule has 0 radical (unpaired) electrons. The highest BCUT2D eigenvalue weighted by Gasteiger charge is 2.08. The van der Waals surface area contributed by atoms with Crippen molar-refractivity contribution in [1.29, 1.82) is 0 Å². The van der Waals surface area contributed by atoms with Gasteiger partial charge in [-0.15, -0.1) is 0 Å². The fourth-order valence-electron chi connectivity index (χ4n) is 1.24. The smallest absolute Gasteiger partial charge is 0.181 e. The number of thiazole rings is 1. The van der Waals surface area contributed by atoms with E-state index < -0.39 is 0 Å². The first-order chi connectivity index (χ1) is 6.18.